The number of carbonyl (C=O) groups is 3. The monoisotopic (exact) mass is 790 g/mol. The number of aliphatic hydroxyl groups excluding tert-OH is 1. The normalized spacial score (nSPS) is 14.4. The minimum absolute atomic E-state index is 0.0266. The number of imidazole rings is 1. The van der Waals surface area contributed by atoms with E-state index in [1.165, 1.54) is 7.11 Å². The zero-order chi connectivity index (χ0) is 41.7. The van der Waals surface area contributed by atoms with E-state index in [1.54, 1.807) is 40.2 Å². The molecular weight excluding hydrogens is 749 g/mol. The number of imide groups is 1. The van der Waals surface area contributed by atoms with Crippen LogP contribution in [0, 0.1) is 11.8 Å². The lowest BCUT2D eigenvalue weighted by atomic mass is 9.91. The highest BCUT2D eigenvalue weighted by atomic mass is 16.5. The van der Waals surface area contributed by atoms with Crippen molar-refractivity contribution in [3.63, 3.8) is 0 Å². The Hall–Kier alpha value is -7.11. The lowest BCUT2D eigenvalue weighted by Crippen LogP contribution is -2.44. The Morgan fingerprint density at radius 2 is 1.76 bits per heavy atom. The molecule has 1 aliphatic rings. The van der Waals surface area contributed by atoms with E-state index in [0.29, 0.717) is 28.9 Å². The number of rotatable bonds is 8. The van der Waals surface area contributed by atoms with E-state index in [-0.39, 0.29) is 36.0 Å². The number of benzene rings is 3. The van der Waals surface area contributed by atoms with Gasteiger partial charge in [0, 0.05) is 61.9 Å². The van der Waals surface area contributed by atoms with E-state index in [1.807, 2.05) is 49.6 Å². The lowest BCUT2D eigenvalue weighted by molar-refractivity contribution is -0.153. The maximum atomic E-state index is 13.3. The van der Waals surface area contributed by atoms with Crippen LogP contribution in [0.3, 0.4) is 0 Å². The Morgan fingerprint density at radius 1 is 0.949 bits per heavy atom. The fraction of sp³-hybridized carbons (Fsp3) is 0.267. The molecule has 3 amide bonds. The molecule has 298 valence electrons. The molecule has 0 bridgehead atoms. The number of likely N-dealkylation sites (tertiary alicyclic amines) is 1. The van der Waals surface area contributed by atoms with Gasteiger partial charge in [-0.1, -0.05) is 43.9 Å². The van der Waals surface area contributed by atoms with Gasteiger partial charge in [-0.2, -0.15) is 5.10 Å². The molecule has 2 N–H and O–H groups in total. The van der Waals surface area contributed by atoms with Crippen molar-refractivity contribution in [2.24, 2.45) is 21.1 Å². The summed E-state index contributed by atoms with van der Waals surface area (Å²) < 4.78 is 10.7. The Bertz CT molecular complexity index is 3000. The Kier molecular flexibility index (Phi) is 10.1. The van der Waals surface area contributed by atoms with Crippen molar-refractivity contribution in [2.75, 3.05) is 20.4 Å². The van der Waals surface area contributed by atoms with E-state index in [4.69, 9.17) is 9.72 Å². The largest absolute Gasteiger partial charge is 0.494 e. The average Bonchev–Trinajstić information content (AvgIpc) is 3.68. The first-order valence-electron chi connectivity index (χ1n) is 19.2. The second-order valence-electron chi connectivity index (χ2n) is 15.0. The minimum Gasteiger partial charge on any atom is -0.494 e. The molecule has 14 nitrogen and oxygen atoms in total. The number of aliphatic hydroxyl groups is 1. The van der Waals surface area contributed by atoms with Crippen LogP contribution >= 0.6 is 0 Å². The molecule has 1 atom stereocenters. The fourth-order valence-electron chi connectivity index (χ4n) is 8.00. The number of pyridine rings is 2. The van der Waals surface area contributed by atoms with E-state index in [9.17, 15) is 24.3 Å². The molecule has 0 spiro atoms. The van der Waals surface area contributed by atoms with Crippen molar-refractivity contribution >= 4 is 50.4 Å². The third-order valence-corrected chi connectivity index (χ3v) is 11.1. The van der Waals surface area contributed by atoms with Gasteiger partial charge in [-0.05, 0) is 76.9 Å². The molecule has 59 heavy (non-hydrogen) atoms. The maximum Gasteiger partial charge on any atom is 0.328 e. The molecule has 1 aliphatic heterocycles. The van der Waals surface area contributed by atoms with Gasteiger partial charge in [0.2, 0.25) is 11.8 Å². The van der Waals surface area contributed by atoms with E-state index in [0.717, 1.165) is 54.3 Å². The van der Waals surface area contributed by atoms with Gasteiger partial charge >= 0.3 is 5.69 Å². The van der Waals surface area contributed by atoms with Crippen LogP contribution in [0.5, 0.6) is 5.75 Å². The SMILES string of the molecule is COc1cc(-c2cc3cccc(-c4cc(C(C)C)c5c(c4)n(C)c(=O)n5C)c3cn2)cnc1C(=O)NCC#Cc1ccc2c(c1)c(C1CCC(=O)N(CO)C1=O)nn2C. The second kappa shape index (κ2) is 15.3. The van der Waals surface area contributed by atoms with Crippen LogP contribution < -0.4 is 15.7 Å². The van der Waals surface area contributed by atoms with E-state index in [2.05, 4.69) is 59.3 Å². The molecule has 3 aromatic carbocycles. The molecule has 1 saturated heterocycles. The Morgan fingerprint density at radius 3 is 2.53 bits per heavy atom. The zero-order valence-electron chi connectivity index (χ0n) is 33.5. The molecule has 0 radical (unpaired) electrons. The average molecular weight is 791 g/mol. The Balaban J connectivity index is 1.00. The third kappa shape index (κ3) is 6.79. The van der Waals surface area contributed by atoms with Crippen LogP contribution in [-0.2, 0) is 30.7 Å². The number of nitrogens with zero attached hydrogens (tertiary/aromatic N) is 7. The summed E-state index contributed by atoms with van der Waals surface area (Å²) in [4.78, 5) is 61.4. The van der Waals surface area contributed by atoms with Crippen molar-refractivity contribution in [2.45, 2.75) is 38.5 Å². The number of nitrogens with one attached hydrogen (secondary N) is 1. The fourth-order valence-corrected chi connectivity index (χ4v) is 8.00. The first-order chi connectivity index (χ1) is 28.4. The molecule has 14 heteroatoms. The highest BCUT2D eigenvalue weighted by Crippen LogP contribution is 2.37. The molecular formula is C45H42N8O6. The molecule has 8 rings (SSSR count). The number of piperidine rings is 1. The van der Waals surface area contributed by atoms with Gasteiger partial charge in [-0.25, -0.2) is 9.78 Å². The smallest absolute Gasteiger partial charge is 0.328 e. The van der Waals surface area contributed by atoms with Gasteiger partial charge in [-0.3, -0.25) is 38.1 Å². The van der Waals surface area contributed by atoms with Crippen LogP contribution in [0.25, 0.3) is 55.1 Å². The van der Waals surface area contributed by atoms with Crippen molar-refractivity contribution in [3.8, 4) is 40.0 Å². The molecule has 7 aromatic rings. The lowest BCUT2D eigenvalue weighted by Gasteiger charge is -2.28. The number of fused-ring (bicyclic) bond motifs is 3. The van der Waals surface area contributed by atoms with Gasteiger partial charge < -0.3 is 15.2 Å². The molecule has 0 aliphatic carbocycles. The molecule has 1 unspecified atom stereocenters. The van der Waals surface area contributed by atoms with E-state index < -0.39 is 30.4 Å². The highest BCUT2D eigenvalue weighted by molar-refractivity contribution is 6.03. The van der Waals surface area contributed by atoms with Crippen LogP contribution in [-0.4, -0.2) is 77.0 Å². The number of methoxy groups -OCH3 is 1. The number of aromatic nitrogens is 6. The van der Waals surface area contributed by atoms with Gasteiger partial charge in [-0.15, -0.1) is 0 Å². The van der Waals surface area contributed by atoms with Gasteiger partial charge in [0.05, 0.1) is 47.5 Å². The van der Waals surface area contributed by atoms with Crippen LogP contribution in [0.4, 0.5) is 0 Å². The third-order valence-electron chi connectivity index (χ3n) is 11.1. The van der Waals surface area contributed by atoms with Crippen LogP contribution in [0.15, 0.2) is 77.9 Å². The number of hydrogen-bond donors (Lipinski definition) is 2. The van der Waals surface area contributed by atoms with Gasteiger partial charge in [0.1, 0.15) is 6.73 Å². The number of aryl methyl sites for hydroxylation is 3. The van der Waals surface area contributed by atoms with Crippen molar-refractivity contribution in [1.29, 1.82) is 0 Å². The number of ether oxygens (including phenoxy) is 1. The van der Waals surface area contributed by atoms with E-state index >= 15 is 0 Å². The van der Waals surface area contributed by atoms with Crippen LogP contribution in [0.1, 0.15) is 65.8 Å². The summed E-state index contributed by atoms with van der Waals surface area (Å²) in [7, 11) is 6.86. The summed E-state index contributed by atoms with van der Waals surface area (Å²) in [6.45, 7) is 3.61. The molecule has 5 heterocycles. The highest BCUT2D eigenvalue weighted by Gasteiger charge is 2.37. The summed E-state index contributed by atoms with van der Waals surface area (Å²) in [5, 5.41) is 19.6. The molecule has 0 saturated carbocycles. The first kappa shape index (κ1) is 38.7. The molecule has 1 fully saturated rings. The molecule has 4 aromatic heterocycles. The number of amides is 3. The predicted octanol–water partition coefficient (Wildman–Crippen LogP) is 5.14. The minimum atomic E-state index is -0.671. The summed E-state index contributed by atoms with van der Waals surface area (Å²) in [6.07, 6.45) is 3.87. The first-order valence-corrected chi connectivity index (χ1v) is 19.2. The summed E-state index contributed by atoms with van der Waals surface area (Å²) in [5.74, 6) is 4.52. The number of hydrogen-bond acceptors (Lipinski definition) is 9. The van der Waals surface area contributed by atoms with Crippen molar-refractivity contribution < 1.29 is 24.2 Å². The maximum absolute atomic E-state index is 13.3. The Labute approximate surface area is 339 Å². The zero-order valence-corrected chi connectivity index (χ0v) is 33.5. The standard InChI is InChI=1S/C45H42N8O6/c1-25(2)32-18-28(20-37-42(32)51(4)45(58)50(37)3)30-11-7-10-27-19-35(47-23-34(27)30)29-21-38(59-6)41(48-22-29)43(56)46-16-8-9-26-12-14-36-33(17-26)40(49-52(36)5)31-13-15-39(55)53(24-54)44(31)57/h7,10-12,14,17-23,25,31,54H,13,15-16,24H2,1-6H3,(H,46,56). The summed E-state index contributed by atoms with van der Waals surface area (Å²) in [5.41, 5.74) is 8.23. The summed E-state index contributed by atoms with van der Waals surface area (Å²) in [6, 6.07) is 19.6. The van der Waals surface area contributed by atoms with Crippen molar-refractivity contribution in [1.82, 2.24) is 39.1 Å². The van der Waals surface area contributed by atoms with Crippen LogP contribution in [0.2, 0.25) is 0 Å². The van der Waals surface area contributed by atoms with Gasteiger partial charge in [0.15, 0.2) is 11.4 Å². The predicted molar refractivity (Wildman–Crippen MR) is 224 cm³/mol. The topological polar surface area (TPSA) is 166 Å². The quantitative estimate of drug-likeness (QED) is 0.157. The van der Waals surface area contributed by atoms with Gasteiger partial charge in [0.25, 0.3) is 5.91 Å². The second-order valence-corrected chi connectivity index (χ2v) is 15.0. The van der Waals surface area contributed by atoms with Crippen molar-refractivity contribution in [3.05, 3.63) is 106 Å². The number of carbonyl (C=O) groups excluding carboxylic acids is 3. The summed E-state index contributed by atoms with van der Waals surface area (Å²) >= 11 is 0.